The smallest absolute Gasteiger partial charge is 0.0102 e. The van der Waals surface area contributed by atoms with Crippen molar-refractivity contribution in [3.8, 4) is 23.7 Å². The third-order valence-electron chi connectivity index (χ3n) is 1.12. The maximum Gasteiger partial charge on any atom is -0.0102 e. The van der Waals surface area contributed by atoms with Crippen LogP contribution in [0.3, 0.4) is 0 Å². The van der Waals surface area contributed by atoms with Crippen molar-refractivity contribution < 1.29 is 0 Å². The first-order chi connectivity index (χ1) is 6.41. The van der Waals surface area contributed by atoms with E-state index in [-0.39, 0.29) is 0 Å². The van der Waals surface area contributed by atoms with Crippen LogP contribution in [0.5, 0.6) is 0 Å². The van der Waals surface area contributed by atoms with E-state index in [1.165, 1.54) is 0 Å². The van der Waals surface area contributed by atoms with Gasteiger partial charge in [0.1, 0.15) is 0 Å². The van der Waals surface area contributed by atoms with Crippen LogP contribution in [0.2, 0.25) is 0 Å². The lowest BCUT2D eigenvalue weighted by Crippen LogP contribution is -1.54. The standard InChI is InChI=1S/C13H14/c1-3-5-7-9-11-13-12-10-8-6-4-2/h3,5-6,8,10,12H,4H2,1-2H3. The minimum atomic E-state index is 1.05. The fraction of sp³-hybridized carbons (Fsp3) is 0.231. The van der Waals surface area contributed by atoms with Crippen LogP contribution < -0.4 is 0 Å². The van der Waals surface area contributed by atoms with Crippen molar-refractivity contribution in [2.24, 2.45) is 0 Å². The van der Waals surface area contributed by atoms with E-state index >= 15 is 0 Å². The molecule has 0 aliphatic heterocycles. The molecule has 0 amide bonds. The molecule has 13 heavy (non-hydrogen) atoms. The Bertz CT molecular complexity index is 305. The summed E-state index contributed by atoms with van der Waals surface area (Å²) in [6, 6.07) is 0. The number of hydrogen-bond acceptors (Lipinski definition) is 0. The summed E-state index contributed by atoms with van der Waals surface area (Å²) in [6.07, 6.45) is 12.5. The fourth-order valence-electron chi connectivity index (χ4n) is 0.557. The maximum atomic E-state index is 2.81. The van der Waals surface area contributed by atoms with Gasteiger partial charge in [-0.3, -0.25) is 0 Å². The van der Waals surface area contributed by atoms with Crippen LogP contribution in [0.1, 0.15) is 20.3 Å². The van der Waals surface area contributed by atoms with Crippen molar-refractivity contribution >= 4 is 0 Å². The molecule has 0 saturated carbocycles. The van der Waals surface area contributed by atoms with Gasteiger partial charge in [0, 0.05) is 0 Å². The van der Waals surface area contributed by atoms with Crippen LogP contribution in [0.15, 0.2) is 36.5 Å². The Morgan fingerprint density at radius 2 is 1.69 bits per heavy atom. The number of allylic oxidation sites excluding steroid dienone is 6. The van der Waals surface area contributed by atoms with E-state index in [4.69, 9.17) is 0 Å². The van der Waals surface area contributed by atoms with E-state index in [2.05, 4.69) is 36.7 Å². The van der Waals surface area contributed by atoms with Crippen molar-refractivity contribution in [2.45, 2.75) is 20.3 Å². The van der Waals surface area contributed by atoms with Gasteiger partial charge < -0.3 is 0 Å². The van der Waals surface area contributed by atoms with E-state index in [0.717, 1.165) is 6.42 Å². The topological polar surface area (TPSA) is 0 Å². The minimum absolute atomic E-state index is 1.05. The molecule has 0 heterocycles. The molecular weight excluding hydrogens is 156 g/mol. The summed E-state index contributed by atoms with van der Waals surface area (Å²) >= 11 is 0. The van der Waals surface area contributed by atoms with Crippen molar-refractivity contribution in [3.05, 3.63) is 36.5 Å². The molecule has 0 aromatic rings. The van der Waals surface area contributed by atoms with Crippen LogP contribution in [0.4, 0.5) is 0 Å². The first-order valence-corrected chi connectivity index (χ1v) is 4.35. The molecule has 0 rings (SSSR count). The van der Waals surface area contributed by atoms with E-state index in [9.17, 15) is 0 Å². The summed E-state index contributed by atoms with van der Waals surface area (Å²) in [5, 5.41) is 0. The first-order valence-electron chi connectivity index (χ1n) is 4.35. The Morgan fingerprint density at radius 1 is 1.00 bits per heavy atom. The SMILES string of the molecule is CC=CC#CC#CC=CC=CCC. The predicted octanol–water partition coefficient (Wildman–Crippen LogP) is 3.09. The number of hydrogen-bond donors (Lipinski definition) is 0. The van der Waals surface area contributed by atoms with Crippen molar-refractivity contribution in [2.75, 3.05) is 0 Å². The third kappa shape index (κ3) is 10.3. The Morgan fingerprint density at radius 3 is 2.31 bits per heavy atom. The second-order valence-electron chi connectivity index (χ2n) is 2.23. The predicted molar refractivity (Wildman–Crippen MR) is 58.9 cm³/mol. The first kappa shape index (κ1) is 11.3. The molecule has 0 spiro atoms. The molecule has 0 aromatic heterocycles. The second-order valence-corrected chi connectivity index (χ2v) is 2.23. The van der Waals surface area contributed by atoms with E-state index < -0.39 is 0 Å². The van der Waals surface area contributed by atoms with Gasteiger partial charge in [-0.15, -0.1) is 0 Å². The summed E-state index contributed by atoms with van der Waals surface area (Å²) in [4.78, 5) is 0. The van der Waals surface area contributed by atoms with E-state index in [1.807, 2.05) is 25.2 Å². The lowest BCUT2D eigenvalue weighted by Gasteiger charge is -1.71. The van der Waals surface area contributed by atoms with Gasteiger partial charge in [0.15, 0.2) is 0 Å². The van der Waals surface area contributed by atoms with Gasteiger partial charge in [-0.05, 0) is 37.3 Å². The molecule has 0 saturated heterocycles. The molecule has 0 aliphatic carbocycles. The van der Waals surface area contributed by atoms with E-state index in [1.54, 1.807) is 12.2 Å². The second kappa shape index (κ2) is 10.3. The normalized spacial score (nSPS) is 10.0. The molecular formula is C13H14. The molecule has 0 bridgehead atoms. The maximum absolute atomic E-state index is 2.81. The zero-order valence-corrected chi connectivity index (χ0v) is 8.17. The Kier molecular flexibility index (Phi) is 9.02. The molecule has 0 aromatic carbocycles. The molecule has 0 N–H and O–H groups in total. The average molecular weight is 170 g/mol. The molecule has 0 nitrogen and oxygen atoms in total. The lowest BCUT2D eigenvalue weighted by molar-refractivity contribution is 1.22. The largest absolute Gasteiger partial charge is 0.0848 e. The highest BCUT2D eigenvalue weighted by Gasteiger charge is 1.61. The molecule has 0 radical (unpaired) electrons. The van der Waals surface area contributed by atoms with Crippen LogP contribution in [-0.4, -0.2) is 0 Å². The van der Waals surface area contributed by atoms with Gasteiger partial charge >= 0.3 is 0 Å². The van der Waals surface area contributed by atoms with Crippen LogP contribution >= 0.6 is 0 Å². The highest BCUT2D eigenvalue weighted by Crippen LogP contribution is 1.80. The third-order valence-corrected chi connectivity index (χ3v) is 1.12. The Hall–Kier alpha value is -1.66. The summed E-state index contributed by atoms with van der Waals surface area (Å²) in [5.41, 5.74) is 0. The van der Waals surface area contributed by atoms with Gasteiger partial charge in [-0.25, -0.2) is 0 Å². The monoisotopic (exact) mass is 170 g/mol. The quantitative estimate of drug-likeness (QED) is 0.441. The summed E-state index contributed by atoms with van der Waals surface area (Å²) in [7, 11) is 0. The Labute approximate surface area is 81.0 Å². The van der Waals surface area contributed by atoms with Crippen LogP contribution in [-0.2, 0) is 0 Å². The zero-order valence-electron chi connectivity index (χ0n) is 8.17. The molecule has 0 unspecified atom stereocenters. The van der Waals surface area contributed by atoms with Gasteiger partial charge in [-0.1, -0.05) is 43.1 Å². The van der Waals surface area contributed by atoms with Gasteiger partial charge in [-0.2, -0.15) is 0 Å². The fourth-order valence-corrected chi connectivity index (χ4v) is 0.557. The van der Waals surface area contributed by atoms with Crippen molar-refractivity contribution in [1.82, 2.24) is 0 Å². The molecule has 0 fully saturated rings. The molecule has 0 aliphatic rings. The van der Waals surface area contributed by atoms with E-state index in [0.29, 0.717) is 0 Å². The average Bonchev–Trinajstić information content (AvgIpc) is 2.16. The van der Waals surface area contributed by atoms with Gasteiger partial charge in [0.25, 0.3) is 0 Å². The van der Waals surface area contributed by atoms with Gasteiger partial charge in [0.05, 0.1) is 0 Å². The summed E-state index contributed by atoms with van der Waals surface area (Å²) < 4.78 is 0. The zero-order chi connectivity index (χ0) is 9.78. The molecule has 0 heteroatoms. The highest BCUT2D eigenvalue weighted by atomic mass is 13.7. The molecule has 66 valence electrons. The molecule has 0 atom stereocenters. The van der Waals surface area contributed by atoms with Crippen LogP contribution in [0.25, 0.3) is 0 Å². The van der Waals surface area contributed by atoms with Crippen molar-refractivity contribution in [1.29, 1.82) is 0 Å². The summed E-state index contributed by atoms with van der Waals surface area (Å²) in [6.45, 7) is 4.02. The minimum Gasteiger partial charge on any atom is -0.0848 e. The van der Waals surface area contributed by atoms with Crippen LogP contribution in [0, 0.1) is 23.7 Å². The van der Waals surface area contributed by atoms with Crippen molar-refractivity contribution in [3.63, 3.8) is 0 Å². The highest BCUT2D eigenvalue weighted by molar-refractivity contribution is 5.34. The summed E-state index contributed by atoms with van der Waals surface area (Å²) in [5.74, 6) is 11.0. The Balaban J connectivity index is 3.81. The lowest BCUT2D eigenvalue weighted by atomic mass is 10.4. The van der Waals surface area contributed by atoms with Gasteiger partial charge in [0.2, 0.25) is 0 Å². The number of rotatable bonds is 2.